The van der Waals surface area contributed by atoms with Crippen LogP contribution in [0, 0.1) is 5.41 Å². The van der Waals surface area contributed by atoms with Crippen molar-refractivity contribution in [1.82, 2.24) is 20.1 Å². The first-order chi connectivity index (χ1) is 7.83. The molecule has 1 heterocycles. The van der Waals surface area contributed by atoms with Crippen LogP contribution in [-0.2, 0) is 23.2 Å². The van der Waals surface area contributed by atoms with Crippen LogP contribution in [0.3, 0.4) is 0 Å². The van der Waals surface area contributed by atoms with Gasteiger partial charge in [0.05, 0.1) is 12.0 Å². The van der Waals surface area contributed by atoms with Crippen molar-refractivity contribution in [2.45, 2.75) is 26.8 Å². The summed E-state index contributed by atoms with van der Waals surface area (Å²) < 4.78 is 1.68. The van der Waals surface area contributed by atoms with Gasteiger partial charge in [0.25, 0.3) is 0 Å². The van der Waals surface area contributed by atoms with Gasteiger partial charge in [0.1, 0.15) is 6.33 Å². The summed E-state index contributed by atoms with van der Waals surface area (Å²) in [5.74, 6) is -0.696. The van der Waals surface area contributed by atoms with E-state index in [1.54, 1.807) is 11.6 Å². The zero-order chi connectivity index (χ0) is 13.1. The van der Waals surface area contributed by atoms with Crippen molar-refractivity contribution in [3.8, 4) is 0 Å². The molecule has 94 valence electrons. The van der Waals surface area contributed by atoms with E-state index in [1.165, 1.54) is 20.2 Å². The number of aromatic nitrogens is 3. The number of nitrogens with zero attached hydrogens (tertiary/aromatic N) is 3. The number of hydrogen-bond acceptors (Lipinski definition) is 4. The summed E-state index contributed by atoms with van der Waals surface area (Å²) in [4.78, 5) is 22.4. The van der Waals surface area contributed by atoms with Crippen LogP contribution in [0.2, 0.25) is 0 Å². The third kappa shape index (κ3) is 3.54. The first kappa shape index (κ1) is 13.1. The normalized spacial score (nSPS) is 11.2. The Kier molecular flexibility index (Phi) is 3.82. The van der Waals surface area contributed by atoms with E-state index in [2.05, 4.69) is 15.5 Å². The number of aryl methyl sites for hydroxylation is 1. The first-order valence-electron chi connectivity index (χ1n) is 5.16. The van der Waals surface area contributed by atoms with Crippen LogP contribution >= 0.6 is 0 Å². The molecule has 1 amide bonds. The topological polar surface area (TPSA) is 97.1 Å². The molecule has 7 heteroatoms. The van der Waals surface area contributed by atoms with Crippen molar-refractivity contribution in [2.24, 2.45) is 12.5 Å². The Morgan fingerprint density at radius 1 is 1.53 bits per heavy atom. The van der Waals surface area contributed by atoms with Crippen molar-refractivity contribution in [1.29, 1.82) is 0 Å². The van der Waals surface area contributed by atoms with Gasteiger partial charge in [-0.3, -0.25) is 9.59 Å². The fourth-order valence-electron chi connectivity index (χ4n) is 1.18. The lowest BCUT2D eigenvalue weighted by Crippen LogP contribution is -2.33. The second-order valence-electron chi connectivity index (χ2n) is 4.50. The van der Waals surface area contributed by atoms with Crippen LogP contribution < -0.4 is 5.32 Å². The lowest BCUT2D eigenvalue weighted by molar-refractivity contribution is -0.149. The summed E-state index contributed by atoms with van der Waals surface area (Å²) in [6.45, 7) is 3.26. The summed E-state index contributed by atoms with van der Waals surface area (Å²) in [7, 11) is 1.77. The molecule has 0 radical (unpaired) electrons. The highest BCUT2D eigenvalue weighted by atomic mass is 16.4. The number of carboxylic acids is 1. The Bertz CT molecular complexity index is 425. The fourth-order valence-corrected chi connectivity index (χ4v) is 1.18. The molecule has 1 aromatic rings. The van der Waals surface area contributed by atoms with E-state index in [-0.39, 0.29) is 18.9 Å². The summed E-state index contributed by atoms with van der Waals surface area (Å²) in [6, 6.07) is 0. The van der Waals surface area contributed by atoms with Crippen LogP contribution in [0.25, 0.3) is 0 Å². The quantitative estimate of drug-likeness (QED) is 0.751. The Balaban J connectivity index is 2.46. The van der Waals surface area contributed by atoms with Crippen molar-refractivity contribution in [3.05, 3.63) is 12.2 Å². The van der Waals surface area contributed by atoms with Crippen LogP contribution in [-0.4, -0.2) is 31.7 Å². The van der Waals surface area contributed by atoms with Crippen LogP contribution in [0.1, 0.15) is 26.1 Å². The monoisotopic (exact) mass is 240 g/mol. The molecule has 0 bridgehead atoms. The van der Waals surface area contributed by atoms with Crippen LogP contribution in [0.4, 0.5) is 0 Å². The minimum absolute atomic E-state index is 0.0693. The molecule has 0 aromatic carbocycles. The molecular formula is C10H16N4O3. The highest BCUT2D eigenvalue weighted by Crippen LogP contribution is 2.19. The molecule has 0 atom stereocenters. The first-order valence-corrected chi connectivity index (χ1v) is 5.16. The summed E-state index contributed by atoms with van der Waals surface area (Å²) >= 11 is 0. The molecule has 0 fully saturated rings. The maximum atomic E-state index is 11.5. The third-order valence-corrected chi connectivity index (χ3v) is 2.43. The average Bonchev–Trinajstić information content (AvgIpc) is 2.60. The maximum absolute atomic E-state index is 11.5. The Morgan fingerprint density at radius 2 is 2.18 bits per heavy atom. The van der Waals surface area contributed by atoms with Gasteiger partial charge >= 0.3 is 5.97 Å². The minimum Gasteiger partial charge on any atom is -0.481 e. The zero-order valence-electron chi connectivity index (χ0n) is 10.1. The number of carbonyl (C=O) groups excluding carboxylic acids is 1. The Hall–Kier alpha value is -1.92. The van der Waals surface area contributed by atoms with E-state index in [4.69, 9.17) is 5.11 Å². The van der Waals surface area contributed by atoms with Gasteiger partial charge in [-0.25, -0.2) is 0 Å². The van der Waals surface area contributed by atoms with Gasteiger partial charge < -0.3 is 15.0 Å². The smallest absolute Gasteiger partial charge is 0.309 e. The lowest BCUT2D eigenvalue weighted by atomic mass is 9.89. The summed E-state index contributed by atoms with van der Waals surface area (Å²) in [5, 5.41) is 19.0. The average molecular weight is 240 g/mol. The number of carbonyl (C=O) groups is 2. The molecular weight excluding hydrogens is 224 g/mol. The molecule has 0 spiro atoms. The number of rotatable bonds is 5. The highest BCUT2D eigenvalue weighted by molar-refractivity contribution is 5.84. The molecule has 0 aliphatic rings. The molecule has 2 N–H and O–H groups in total. The van der Waals surface area contributed by atoms with E-state index in [0.29, 0.717) is 5.82 Å². The molecule has 0 saturated carbocycles. The second kappa shape index (κ2) is 4.94. The highest BCUT2D eigenvalue weighted by Gasteiger charge is 2.30. The van der Waals surface area contributed by atoms with Gasteiger partial charge in [-0.05, 0) is 13.8 Å². The SMILES string of the molecule is Cn1cnnc1CNC(=O)CC(C)(C)C(=O)O. The summed E-state index contributed by atoms with van der Waals surface area (Å²) in [5.41, 5.74) is -1.07. The lowest BCUT2D eigenvalue weighted by Gasteiger charge is -2.17. The van der Waals surface area contributed by atoms with Crippen molar-refractivity contribution < 1.29 is 14.7 Å². The number of nitrogens with one attached hydrogen (secondary N) is 1. The van der Waals surface area contributed by atoms with Gasteiger partial charge in [0, 0.05) is 13.5 Å². The fraction of sp³-hybridized carbons (Fsp3) is 0.600. The molecule has 1 rings (SSSR count). The maximum Gasteiger partial charge on any atom is 0.309 e. The van der Waals surface area contributed by atoms with Gasteiger partial charge in [-0.1, -0.05) is 0 Å². The minimum atomic E-state index is -1.07. The molecule has 17 heavy (non-hydrogen) atoms. The summed E-state index contributed by atoms with van der Waals surface area (Å²) in [6.07, 6.45) is 1.46. The van der Waals surface area contributed by atoms with Gasteiger partial charge in [0.2, 0.25) is 5.91 Å². The Labute approximate surface area is 98.8 Å². The standard InChI is InChI=1S/C10H16N4O3/c1-10(2,9(16)17)4-8(15)11-5-7-13-12-6-14(7)3/h6H,4-5H2,1-3H3,(H,11,15)(H,16,17). The largest absolute Gasteiger partial charge is 0.481 e. The van der Waals surface area contributed by atoms with Crippen molar-refractivity contribution in [3.63, 3.8) is 0 Å². The third-order valence-electron chi connectivity index (χ3n) is 2.43. The van der Waals surface area contributed by atoms with E-state index < -0.39 is 11.4 Å². The van der Waals surface area contributed by atoms with Gasteiger partial charge in [0.15, 0.2) is 5.82 Å². The number of carboxylic acid groups (broad SMARTS) is 1. The van der Waals surface area contributed by atoms with E-state index in [0.717, 1.165) is 0 Å². The van der Waals surface area contributed by atoms with Crippen LogP contribution in [0.5, 0.6) is 0 Å². The molecule has 7 nitrogen and oxygen atoms in total. The molecule has 0 unspecified atom stereocenters. The van der Waals surface area contributed by atoms with E-state index >= 15 is 0 Å². The second-order valence-corrected chi connectivity index (χ2v) is 4.50. The number of amides is 1. The molecule has 1 aromatic heterocycles. The Morgan fingerprint density at radius 3 is 2.65 bits per heavy atom. The van der Waals surface area contributed by atoms with Crippen LogP contribution in [0.15, 0.2) is 6.33 Å². The van der Waals surface area contributed by atoms with E-state index in [9.17, 15) is 9.59 Å². The van der Waals surface area contributed by atoms with Gasteiger partial charge in [-0.15, -0.1) is 10.2 Å². The van der Waals surface area contributed by atoms with Crippen molar-refractivity contribution >= 4 is 11.9 Å². The molecule has 0 saturated heterocycles. The molecule has 0 aliphatic heterocycles. The predicted octanol–water partition coefficient (Wildman–Crippen LogP) is -0.0678. The van der Waals surface area contributed by atoms with Gasteiger partial charge in [-0.2, -0.15) is 0 Å². The van der Waals surface area contributed by atoms with Crippen molar-refractivity contribution in [2.75, 3.05) is 0 Å². The zero-order valence-corrected chi connectivity index (χ0v) is 10.1. The number of aliphatic carboxylic acids is 1. The van der Waals surface area contributed by atoms with E-state index in [1.807, 2.05) is 0 Å². The predicted molar refractivity (Wildman–Crippen MR) is 58.9 cm³/mol. The molecule has 0 aliphatic carbocycles. The number of hydrogen-bond donors (Lipinski definition) is 2.